The first kappa shape index (κ1) is 13.2. The van der Waals surface area contributed by atoms with Gasteiger partial charge in [-0.05, 0) is 49.9 Å². The molecule has 0 aliphatic heterocycles. The second kappa shape index (κ2) is 6.00. The van der Waals surface area contributed by atoms with Gasteiger partial charge >= 0.3 is 0 Å². The van der Waals surface area contributed by atoms with Crippen LogP contribution in [0.2, 0.25) is 0 Å². The fourth-order valence-corrected chi connectivity index (χ4v) is 1.86. The Morgan fingerprint density at radius 1 is 1.25 bits per heavy atom. The fraction of sp³-hybridized carbons (Fsp3) is 0.571. The molecule has 1 aromatic carbocycles. The summed E-state index contributed by atoms with van der Waals surface area (Å²) >= 11 is 0. The van der Waals surface area contributed by atoms with E-state index in [9.17, 15) is 4.39 Å². The largest absolute Gasteiger partial charge is 0.313 e. The zero-order chi connectivity index (χ0) is 12.1. The molecule has 0 saturated carbocycles. The molecule has 0 aromatic heterocycles. The fourth-order valence-electron chi connectivity index (χ4n) is 1.86. The third-order valence-corrected chi connectivity index (χ3v) is 2.97. The van der Waals surface area contributed by atoms with Crippen LogP contribution in [0.1, 0.15) is 43.9 Å². The van der Waals surface area contributed by atoms with Crippen LogP contribution in [0, 0.1) is 18.7 Å². The summed E-state index contributed by atoms with van der Waals surface area (Å²) in [4.78, 5) is 0. The lowest BCUT2D eigenvalue weighted by Crippen LogP contribution is -2.17. The average molecular weight is 223 g/mol. The topological polar surface area (TPSA) is 12.0 Å². The lowest BCUT2D eigenvalue weighted by Gasteiger charge is -2.18. The standard InChI is InChI=1S/C14H22FN/c1-10(2)5-8-14(16-4)12-6-7-13(15)11(3)9-12/h6-7,9-10,14,16H,5,8H2,1-4H3. The van der Waals surface area contributed by atoms with Crippen LogP contribution in [0.3, 0.4) is 0 Å². The lowest BCUT2D eigenvalue weighted by molar-refractivity contribution is 0.464. The van der Waals surface area contributed by atoms with E-state index in [1.165, 1.54) is 12.0 Å². The van der Waals surface area contributed by atoms with Gasteiger partial charge in [-0.25, -0.2) is 4.39 Å². The van der Waals surface area contributed by atoms with E-state index in [4.69, 9.17) is 0 Å². The second-order valence-corrected chi connectivity index (χ2v) is 4.82. The van der Waals surface area contributed by atoms with Gasteiger partial charge in [-0.2, -0.15) is 0 Å². The predicted molar refractivity (Wildman–Crippen MR) is 67.0 cm³/mol. The van der Waals surface area contributed by atoms with Crippen LogP contribution < -0.4 is 5.32 Å². The Labute approximate surface area is 98.1 Å². The Kier molecular flexibility index (Phi) is 4.94. The van der Waals surface area contributed by atoms with Gasteiger partial charge in [0.2, 0.25) is 0 Å². The number of nitrogens with one attached hydrogen (secondary N) is 1. The zero-order valence-corrected chi connectivity index (χ0v) is 10.7. The summed E-state index contributed by atoms with van der Waals surface area (Å²) in [5.74, 6) is 0.583. The van der Waals surface area contributed by atoms with Crippen molar-refractivity contribution in [1.82, 2.24) is 5.32 Å². The quantitative estimate of drug-likeness (QED) is 0.800. The van der Waals surface area contributed by atoms with Gasteiger partial charge in [0, 0.05) is 6.04 Å². The van der Waals surface area contributed by atoms with E-state index in [2.05, 4.69) is 19.2 Å². The Morgan fingerprint density at radius 2 is 1.94 bits per heavy atom. The van der Waals surface area contributed by atoms with Crippen LogP contribution in [0.25, 0.3) is 0 Å². The summed E-state index contributed by atoms with van der Waals surface area (Å²) in [6, 6.07) is 5.71. The minimum Gasteiger partial charge on any atom is -0.313 e. The van der Waals surface area contributed by atoms with Crippen LogP contribution in [0.4, 0.5) is 4.39 Å². The van der Waals surface area contributed by atoms with E-state index in [0.29, 0.717) is 12.0 Å². The number of aryl methyl sites for hydroxylation is 1. The van der Waals surface area contributed by atoms with Gasteiger partial charge in [-0.15, -0.1) is 0 Å². The maximum Gasteiger partial charge on any atom is 0.126 e. The molecule has 0 amide bonds. The molecule has 0 saturated heterocycles. The maximum absolute atomic E-state index is 13.2. The molecule has 1 unspecified atom stereocenters. The number of halogens is 1. The first-order chi connectivity index (χ1) is 7.54. The number of benzene rings is 1. The van der Waals surface area contributed by atoms with Gasteiger partial charge in [0.15, 0.2) is 0 Å². The molecule has 0 aliphatic carbocycles. The average Bonchev–Trinajstić information content (AvgIpc) is 2.23. The molecule has 1 nitrogen and oxygen atoms in total. The molecule has 0 aliphatic rings. The highest BCUT2D eigenvalue weighted by molar-refractivity contribution is 5.26. The van der Waals surface area contributed by atoms with Crippen molar-refractivity contribution >= 4 is 0 Å². The molecule has 0 heterocycles. The van der Waals surface area contributed by atoms with Crippen LogP contribution in [0.15, 0.2) is 18.2 Å². The molecule has 0 radical (unpaired) electrons. The first-order valence-corrected chi connectivity index (χ1v) is 5.98. The third kappa shape index (κ3) is 3.60. The van der Waals surface area contributed by atoms with Gasteiger partial charge in [0.05, 0.1) is 0 Å². The van der Waals surface area contributed by atoms with E-state index >= 15 is 0 Å². The van der Waals surface area contributed by atoms with Gasteiger partial charge in [-0.1, -0.05) is 26.0 Å². The highest BCUT2D eigenvalue weighted by Crippen LogP contribution is 2.22. The Balaban J connectivity index is 2.74. The van der Waals surface area contributed by atoms with Crippen molar-refractivity contribution in [2.45, 2.75) is 39.7 Å². The Bertz CT molecular complexity index is 334. The SMILES string of the molecule is CNC(CCC(C)C)c1ccc(F)c(C)c1. The third-order valence-electron chi connectivity index (χ3n) is 2.97. The van der Waals surface area contributed by atoms with E-state index in [1.54, 1.807) is 6.07 Å². The van der Waals surface area contributed by atoms with Gasteiger partial charge < -0.3 is 5.32 Å². The van der Waals surface area contributed by atoms with Crippen LogP contribution in [-0.4, -0.2) is 7.05 Å². The molecule has 90 valence electrons. The van der Waals surface area contributed by atoms with Crippen molar-refractivity contribution in [3.63, 3.8) is 0 Å². The predicted octanol–water partition coefficient (Wildman–Crippen LogP) is 3.83. The molecule has 1 rings (SSSR count). The van der Waals surface area contributed by atoms with Crippen molar-refractivity contribution < 1.29 is 4.39 Å². The van der Waals surface area contributed by atoms with Crippen molar-refractivity contribution in [3.05, 3.63) is 35.1 Å². The van der Waals surface area contributed by atoms with Gasteiger partial charge in [-0.3, -0.25) is 0 Å². The minimum atomic E-state index is -0.123. The van der Waals surface area contributed by atoms with Crippen LogP contribution >= 0.6 is 0 Å². The molecule has 0 bridgehead atoms. The number of hydrogen-bond acceptors (Lipinski definition) is 1. The summed E-state index contributed by atoms with van der Waals surface area (Å²) in [5.41, 5.74) is 1.91. The minimum absolute atomic E-state index is 0.123. The van der Waals surface area contributed by atoms with E-state index in [0.717, 1.165) is 12.0 Å². The van der Waals surface area contributed by atoms with E-state index in [-0.39, 0.29) is 5.82 Å². The summed E-state index contributed by atoms with van der Waals surface area (Å²) in [6.45, 7) is 6.26. The number of rotatable bonds is 5. The zero-order valence-electron chi connectivity index (χ0n) is 10.7. The Hall–Kier alpha value is -0.890. The second-order valence-electron chi connectivity index (χ2n) is 4.82. The molecule has 1 atom stereocenters. The smallest absolute Gasteiger partial charge is 0.126 e. The molecular weight excluding hydrogens is 201 g/mol. The molecule has 0 fully saturated rings. The molecular formula is C14H22FN. The lowest BCUT2D eigenvalue weighted by atomic mass is 9.96. The molecule has 2 heteroatoms. The highest BCUT2D eigenvalue weighted by Gasteiger charge is 2.11. The molecule has 1 aromatic rings. The van der Waals surface area contributed by atoms with E-state index in [1.807, 2.05) is 26.1 Å². The number of hydrogen-bond donors (Lipinski definition) is 1. The van der Waals surface area contributed by atoms with Crippen LogP contribution in [0.5, 0.6) is 0 Å². The van der Waals surface area contributed by atoms with E-state index < -0.39 is 0 Å². The Morgan fingerprint density at radius 3 is 2.44 bits per heavy atom. The monoisotopic (exact) mass is 223 g/mol. The molecule has 0 spiro atoms. The van der Waals surface area contributed by atoms with Crippen molar-refractivity contribution in [1.29, 1.82) is 0 Å². The van der Waals surface area contributed by atoms with Gasteiger partial charge in [0.25, 0.3) is 0 Å². The normalized spacial score (nSPS) is 13.1. The van der Waals surface area contributed by atoms with Crippen molar-refractivity contribution in [2.75, 3.05) is 7.05 Å². The summed E-state index contributed by atoms with van der Waals surface area (Å²) in [6.07, 6.45) is 2.28. The molecule has 16 heavy (non-hydrogen) atoms. The summed E-state index contributed by atoms with van der Waals surface area (Å²) in [5, 5.41) is 3.30. The van der Waals surface area contributed by atoms with Gasteiger partial charge in [0.1, 0.15) is 5.82 Å². The summed E-state index contributed by atoms with van der Waals surface area (Å²) in [7, 11) is 1.96. The van der Waals surface area contributed by atoms with Crippen molar-refractivity contribution in [2.24, 2.45) is 5.92 Å². The van der Waals surface area contributed by atoms with Crippen LogP contribution in [-0.2, 0) is 0 Å². The maximum atomic E-state index is 13.2. The summed E-state index contributed by atoms with van der Waals surface area (Å²) < 4.78 is 13.2. The highest BCUT2D eigenvalue weighted by atomic mass is 19.1. The molecule has 1 N–H and O–H groups in total. The first-order valence-electron chi connectivity index (χ1n) is 5.98. The van der Waals surface area contributed by atoms with Crippen molar-refractivity contribution in [3.8, 4) is 0 Å².